The highest BCUT2D eigenvalue weighted by Gasteiger charge is 2.32. The summed E-state index contributed by atoms with van der Waals surface area (Å²) >= 11 is 4.80. The van der Waals surface area contributed by atoms with Crippen LogP contribution < -0.4 is 10.4 Å². The van der Waals surface area contributed by atoms with Gasteiger partial charge in [0.25, 0.3) is 0 Å². The molecule has 0 fully saturated rings. The molecule has 9 heteroatoms. The SMILES string of the molecule is O=c1[nH][nH]c(=S)n1-c1ccccc1OC(F)(F)F. The summed E-state index contributed by atoms with van der Waals surface area (Å²) < 4.78 is 41.3. The molecule has 0 bridgehead atoms. The molecule has 2 rings (SSSR count). The number of nitrogens with one attached hydrogen (secondary N) is 2. The van der Waals surface area contributed by atoms with E-state index in [1.54, 1.807) is 0 Å². The maximum absolute atomic E-state index is 12.2. The number of rotatable bonds is 2. The van der Waals surface area contributed by atoms with Crippen LogP contribution in [0.3, 0.4) is 0 Å². The van der Waals surface area contributed by atoms with Crippen LogP contribution in [0.2, 0.25) is 0 Å². The molecule has 0 spiro atoms. The standard InChI is InChI=1S/C9H6F3N3O2S/c10-9(11,12)17-6-4-2-1-3-5(6)15-7(16)13-14-8(15)18/h1-4H,(H,13,16)(H,14,18). The van der Waals surface area contributed by atoms with Crippen molar-refractivity contribution < 1.29 is 17.9 Å². The molecule has 0 aliphatic heterocycles. The number of ether oxygens (including phenoxy) is 1. The van der Waals surface area contributed by atoms with Gasteiger partial charge in [0.2, 0.25) is 4.77 Å². The Morgan fingerprint density at radius 2 is 1.89 bits per heavy atom. The van der Waals surface area contributed by atoms with Crippen LogP contribution in [-0.2, 0) is 0 Å². The van der Waals surface area contributed by atoms with E-state index in [9.17, 15) is 18.0 Å². The summed E-state index contributed by atoms with van der Waals surface area (Å²) in [6, 6.07) is 5.21. The predicted octanol–water partition coefficient (Wildman–Crippen LogP) is 2.12. The molecule has 0 saturated carbocycles. The van der Waals surface area contributed by atoms with E-state index in [4.69, 9.17) is 12.2 Å². The topological polar surface area (TPSA) is 62.8 Å². The molecule has 18 heavy (non-hydrogen) atoms. The fraction of sp³-hybridized carbons (Fsp3) is 0.111. The van der Waals surface area contributed by atoms with Gasteiger partial charge in [0.15, 0.2) is 5.75 Å². The lowest BCUT2D eigenvalue weighted by Crippen LogP contribution is -2.21. The van der Waals surface area contributed by atoms with E-state index in [-0.39, 0.29) is 10.5 Å². The molecule has 0 amide bonds. The van der Waals surface area contributed by atoms with Crippen molar-refractivity contribution in [2.75, 3.05) is 0 Å². The minimum absolute atomic E-state index is 0.0572. The van der Waals surface area contributed by atoms with Crippen LogP contribution in [0, 0.1) is 4.77 Å². The van der Waals surface area contributed by atoms with Gasteiger partial charge in [-0.15, -0.1) is 13.2 Å². The second-order valence-corrected chi connectivity index (χ2v) is 3.60. The van der Waals surface area contributed by atoms with Gasteiger partial charge in [0.1, 0.15) is 0 Å². The molecule has 0 unspecified atom stereocenters. The summed E-state index contributed by atoms with van der Waals surface area (Å²) in [4.78, 5) is 11.4. The fourth-order valence-corrected chi connectivity index (χ4v) is 1.61. The molecular formula is C9H6F3N3O2S. The number of nitrogens with zero attached hydrogens (tertiary/aromatic N) is 1. The van der Waals surface area contributed by atoms with Crippen molar-refractivity contribution in [3.05, 3.63) is 39.5 Å². The number of hydrogen-bond donors (Lipinski definition) is 2. The van der Waals surface area contributed by atoms with Gasteiger partial charge in [0, 0.05) is 0 Å². The highest BCUT2D eigenvalue weighted by Crippen LogP contribution is 2.27. The molecule has 1 heterocycles. The number of aromatic amines is 2. The molecule has 2 N–H and O–H groups in total. The molecule has 1 aromatic heterocycles. The van der Waals surface area contributed by atoms with Gasteiger partial charge in [-0.25, -0.2) is 14.5 Å². The lowest BCUT2D eigenvalue weighted by atomic mass is 10.3. The van der Waals surface area contributed by atoms with Crippen molar-refractivity contribution in [2.24, 2.45) is 0 Å². The van der Waals surface area contributed by atoms with Crippen molar-refractivity contribution in [1.82, 2.24) is 14.8 Å². The van der Waals surface area contributed by atoms with Gasteiger partial charge in [0.05, 0.1) is 5.69 Å². The zero-order valence-corrected chi connectivity index (χ0v) is 9.43. The quantitative estimate of drug-likeness (QED) is 0.826. The highest BCUT2D eigenvalue weighted by molar-refractivity contribution is 7.71. The predicted molar refractivity (Wildman–Crippen MR) is 58.3 cm³/mol. The highest BCUT2D eigenvalue weighted by atomic mass is 32.1. The largest absolute Gasteiger partial charge is 0.573 e. The van der Waals surface area contributed by atoms with Crippen molar-refractivity contribution in [1.29, 1.82) is 0 Å². The summed E-state index contributed by atoms with van der Waals surface area (Å²) in [7, 11) is 0. The van der Waals surface area contributed by atoms with Gasteiger partial charge in [-0.2, -0.15) is 0 Å². The summed E-state index contributed by atoms with van der Waals surface area (Å²) in [5, 5.41) is 4.50. The molecule has 0 aliphatic rings. The normalized spacial score (nSPS) is 11.5. The van der Waals surface area contributed by atoms with Crippen LogP contribution in [-0.4, -0.2) is 21.1 Å². The zero-order valence-electron chi connectivity index (χ0n) is 8.62. The van der Waals surface area contributed by atoms with Crippen molar-refractivity contribution in [3.63, 3.8) is 0 Å². The Kier molecular flexibility index (Phi) is 2.99. The molecular weight excluding hydrogens is 271 g/mol. The van der Waals surface area contributed by atoms with E-state index in [2.05, 4.69) is 14.9 Å². The van der Waals surface area contributed by atoms with E-state index in [0.717, 1.165) is 10.6 Å². The average molecular weight is 277 g/mol. The summed E-state index contributed by atoms with van der Waals surface area (Å²) in [6.45, 7) is 0. The number of para-hydroxylation sites is 2. The maximum atomic E-state index is 12.2. The summed E-state index contributed by atoms with van der Waals surface area (Å²) in [5.74, 6) is -0.508. The first-order chi connectivity index (χ1) is 8.38. The number of halogens is 3. The second-order valence-electron chi connectivity index (χ2n) is 3.21. The third-order valence-electron chi connectivity index (χ3n) is 2.01. The van der Waals surface area contributed by atoms with Crippen LogP contribution in [0.25, 0.3) is 5.69 Å². The van der Waals surface area contributed by atoms with Crippen LogP contribution in [0.15, 0.2) is 29.1 Å². The van der Waals surface area contributed by atoms with E-state index < -0.39 is 17.8 Å². The Bertz CT molecular complexity index is 643. The third-order valence-corrected chi connectivity index (χ3v) is 2.30. The molecule has 0 radical (unpaired) electrons. The molecule has 0 atom stereocenters. The number of aromatic nitrogens is 3. The van der Waals surface area contributed by atoms with Crippen LogP contribution in [0.4, 0.5) is 13.2 Å². The fourth-order valence-electron chi connectivity index (χ4n) is 1.38. The van der Waals surface area contributed by atoms with E-state index in [1.165, 1.54) is 18.2 Å². The molecule has 0 aliphatic carbocycles. The molecule has 0 saturated heterocycles. The van der Waals surface area contributed by atoms with Crippen molar-refractivity contribution in [3.8, 4) is 11.4 Å². The van der Waals surface area contributed by atoms with Gasteiger partial charge in [-0.1, -0.05) is 12.1 Å². The van der Waals surface area contributed by atoms with E-state index >= 15 is 0 Å². The van der Waals surface area contributed by atoms with Gasteiger partial charge in [-0.05, 0) is 24.4 Å². The molecule has 2 aromatic rings. The molecule has 5 nitrogen and oxygen atoms in total. The number of H-pyrrole nitrogens is 2. The first-order valence-electron chi connectivity index (χ1n) is 4.63. The lowest BCUT2D eigenvalue weighted by Gasteiger charge is -2.12. The van der Waals surface area contributed by atoms with Gasteiger partial charge in [-0.3, -0.25) is 5.10 Å². The maximum Gasteiger partial charge on any atom is 0.573 e. The lowest BCUT2D eigenvalue weighted by molar-refractivity contribution is -0.274. The second kappa shape index (κ2) is 4.33. The van der Waals surface area contributed by atoms with Crippen LogP contribution in [0.5, 0.6) is 5.75 Å². The van der Waals surface area contributed by atoms with E-state index in [1.807, 2.05) is 0 Å². The van der Waals surface area contributed by atoms with Crippen molar-refractivity contribution in [2.45, 2.75) is 6.36 Å². The average Bonchev–Trinajstić information content (AvgIpc) is 2.58. The van der Waals surface area contributed by atoms with Gasteiger partial charge >= 0.3 is 12.1 Å². The number of benzene rings is 1. The molecule has 1 aromatic carbocycles. The zero-order chi connectivity index (χ0) is 13.3. The third kappa shape index (κ3) is 2.45. The Morgan fingerprint density at radius 3 is 2.44 bits per heavy atom. The Balaban J connectivity index is 2.59. The monoisotopic (exact) mass is 277 g/mol. The summed E-state index contributed by atoms with van der Waals surface area (Å²) in [6.07, 6.45) is -4.85. The number of alkyl halides is 3. The van der Waals surface area contributed by atoms with Gasteiger partial charge < -0.3 is 4.74 Å². The Labute approximate surface area is 103 Å². The first-order valence-corrected chi connectivity index (χ1v) is 5.04. The van der Waals surface area contributed by atoms with Crippen LogP contribution >= 0.6 is 12.2 Å². The van der Waals surface area contributed by atoms with Crippen molar-refractivity contribution >= 4 is 12.2 Å². The Hall–Kier alpha value is -2.03. The number of hydrogen-bond acceptors (Lipinski definition) is 3. The van der Waals surface area contributed by atoms with E-state index in [0.29, 0.717) is 0 Å². The molecule has 96 valence electrons. The first kappa shape index (κ1) is 12.4. The Morgan fingerprint density at radius 1 is 1.22 bits per heavy atom. The van der Waals surface area contributed by atoms with Crippen LogP contribution in [0.1, 0.15) is 0 Å². The minimum atomic E-state index is -4.85. The smallest absolute Gasteiger partial charge is 0.404 e. The summed E-state index contributed by atoms with van der Waals surface area (Å²) in [5.41, 5.74) is -0.777. The minimum Gasteiger partial charge on any atom is -0.404 e.